The summed E-state index contributed by atoms with van der Waals surface area (Å²) < 4.78 is 11.3. The van der Waals surface area contributed by atoms with E-state index in [-0.39, 0.29) is 12.1 Å². The van der Waals surface area contributed by atoms with Crippen LogP contribution >= 0.6 is 46.7 Å². The van der Waals surface area contributed by atoms with Gasteiger partial charge in [0.1, 0.15) is 0 Å². The fraction of sp³-hybridized carbons (Fsp3) is 0.385. The number of carbonyl (C=O) groups is 2. The van der Waals surface area contributed by atoms with Crippen molar-refractivity contribution >= 4 is 58.7 Å². The largest absolute Gasteiger partial charge is 0.446 e. The van der Waals surface area contributed by atoms with Crippen LogP contribution in [-0.4, -0.2) is 48.0 Å². The number of esters is 2. The third-order valence-corrected chi connectivity index (χ3v) is 7.89. The summed E-state index contributed by atoms with van der Waals surface area (Å²) in [7, 11) is 0. The number of likely N-dealkylation sites (N-methyl/N-ethyl adjacent to an activating group) is 2. The topological polar surface area (TPSA) is 76.7 Å². The number of thioether (sulfide) groups is 2. The number of benzene rings is 2. The highest BCUT2D eigenvalue weighted by Crippen LogP contribution is 2.29. The molecule has 0 aliphatic carbocycles. The Hall–Kier alpha value is -1.68. The molecule has 6 nitrogen and oxygen atoms in total. The van der Waals surface area contributed by atoms with E-state index in [4.69, 9.17) is 32.7 Å². The molecule has 0 radical (unpaired) electrons. The van der Waals surface area contributed by atoms with Gasteiger partial charge in [-0.3, -0.25) is 0 Å². The number of halogens is 2. The highest BCUT2D eigenvalue weighted by Gasteiger charge is 2.23. The molecule has 0 aliphatic heterocycles. The first-order chi connectivity index (χ1) is 17.2. The van der Waals surface area contributed by atoms with E-state index in [1.54, 1.807) is 24.3 Å². The number of hydrogen-bond donors (Lipinski definition) is 2. The first-order valence-corrected chi connectivity index (χ1v) is 14.1. The molecular weight excluding hydrogens is 539 g/mol. The van der Waals surface area contributed by atoms with Crippen LogP contribution in [0.15, 0.2) is 70.5 Å². The molecule has 0 amide bonds. The lowest BCUT2D eigenvalue weighted by atomic mass is 10.3. The van der Waals surface area contributed by atoms with Crippen LogP contribution in [0.1, 0.15) is 27.7 Å². The van der Waals surface area contributed by atoms with Crippen molar-refractivity contribution in [2.45, 2.75) is 60.4 Å². The Bertz CT molecular complexity index is 911. The third-order valence-electron chi connectivity index (χ3n) is 4.82. The molecule has 10 heteroatoms. The van der Waals surface area contributed by atoms with Gasteiger partial charge >= 0.3 is 11.9 Å². The first-order valence-electron chi connectivity index (χ1n) is 11.6. The predicted octanol–water partition coefficient (Wildman–Crippen LogP) is 6.17. The standard InChI is InChI=1S/C26H32Cl2N2O4S2/c1-5-29-17(3)25(35-21-11-7-19(27)8-12-21)33-23(31)15-16-24(32)34-26(18(4)30-6-2)36-22-13-9-20(28)10-14-22/h7-18,25-26,29-30H,5-6H2,1-4H3/b16-15+. The molecule has 2 rings (SSSR count). The van der Waals surface area contributed by atoms with Crippen LogP contribution in [-0.2, 0) is 19.1 Å². The second kappa shape index (κ2) is 16.2. The Morgan fingerprint density at radius 3 is 1.39 bits per heavy atom. The Labute approximate surface area is 231 Å². The van der Waals surface area contributed by atoms with Crippen LogP contribution in [0.2, 0.25) is 10.0 Å². The van der Waals surface area contributed by atoms with Gasteiger partial charge in [-0.2, -0.15) is 0 Å². The maximum atomic E-state index is 12.5. The zero-order valence-corrected chi connectivity index (χ0v) is 23.8. The molecule has 4 atom stereocenters. The van der Waals surface area contributed by atoms with E-state index in [1.165, 1.54) is 23.5 Å². The fourth-order valence-corrected chi connectivity index (χ4v) is 5.29. The van der Waals surface area contributed by atoms with Crippen LogP contribution in [0.5, 0.6) is 0 Å². The van der Waals surface area contributed by atoms with Crippen molar-refractivity contribution in [1.29, 1.82) is 0 Å². The fourth-order valence-electron chi connectivity index (χ4n) is 3.03. The molecule has 0 saturated heterocycles. The second-order valence-corrected chi connectivity index (χ2v) is 11.0. The predicted molar refractivity (Wildman–Crippen MR) is 150 cm³/mol. The molecule has 0 bridgehead atoms. The quantitative estimate of drug-likeness (QED) is 0.121. The lowest BCUT2D eigenvalue weighted by molar-refractivity contribution is -0.142. The van der Waals surface area contributed by atoms with Crippen molar-refractivity contribution in [3.8, 4) is 0 Å². The van der Waals surface area contributed by atoms with E-state index >= 15 is 0 Å². The normalized spacial score (nSPS) is 14.7. The van der Waals surface area contributed by atoms with Crippen molar-refractivity contribution in [2.75, 3.05) is 13.1 Å². The molecule has 36 heavy (non-hydrogen) atoms. The molecule has 0 aromatic heterocycles. The molecule has 0 saturated carbocycles. The summed E-state index contributed by atoms with van der Waals surface area (Å²) in [5.41, 5.74) is -1.03. The van der Waals surface area contributed by atoms with Gasteiger partial charge in [-0.05, 0) is 75.5 Å². The zero-order chi connectivity index (χ0) is 26.5. The van der Waals surface area contributed by atoms with Gasteiger partial charge < -0.3 is 20.1 Å². The van der Waals surface area contributed by atoms with Crippen LogP contribution in [0.25, 0.3) is 0 Å². The maximum Gasteiger partial charge on any atom is 0.332 e. The highest BCUT2D eigenvalue weighted by atomic mass is 35.5. The summed E-state index contributed by atoms with van der Waals surface area (Å²) in [5, 5.41) is 7.79. The average molecular weight is 572 g/mol. The minimum absolute atomic E-state index is 0.124. The van der Waals surface area contributed by atoms with Crippen LogP contribution in [0, 0.1) is 0 Å². The van der Waals surface area contributed by atoms with E-state index in [1.807, 2.05) is 52.0 Å². The Morgan fingerprint density at radius 2 is 1.08 bits per heavy atom. The van der Waals surface area contributed by atoms with Crippen LogP contribution < -0.4 is 10.6 Å². The lowest BCUT2D eigenvalue weighted by Gasteiger charge is -2.24. The van der Waals surface area contributed by atoms with Gasteiger partial charge in [-0.1, -0.05) is 60.6 Å². The molecule has 0 aliphatic rings. The molecule has 196 valence electrons. The monoisotopic (exact) mass is 570 g/mol. The third kappa shape index (κ3) is 11.2. The molecule has 0 spiro atoms. The second-order valence-electron chi connectivity index (χ2n) is 7.78. The zero-order valence-electron chi connectivity index (χ0n) is 20.7. The Morgan fingerprint density at radius 1 is 0.750 bits per heavy atom. The van der Waals surface area contributed by atoms with Gasteiger partial charge in [0.05, 0.1) is 12.1 Å². The van der Waals surface area contributed by atoms with Crippen molar-refractivity contribution in [3.63, 3.8) is 0 Å². The van der Waals surface area contributed by atoms with Crippen molar-refractivity contribution in [3.05, 3.63) is 70.7 Å². The van der Waals surface area contributed by atoms with Crippen LogP contribution in [0.4, 0.5) is 0 Å². The molecule has 2 N–H and O–H groups in total. The highest BCUT2D eigenvalue weighted by molar-refractivity contribution is 8.00. The summed E-state index contributed by atoms with van der Waals surface area (Å²) >= 11 is 14.7. The maximum absolute atomic E-state index is 12.5. The number of hydrogen-bond acceptors (Lipinski definition) is 8. The summed E-state index contributed by atoms with van der Waals surface area (Å²) in [6.45, 7) is 9.26. The van der Waals surface area contributed by atoms with Crippen LogP contribution in [0.3, 0.4) is 0 Å². The average Bonchev–Trinajstić information content (AvgIpc) is 2.85. The summed E-state index contributed by atoms with van der Waals surface area (Å²) in [6.07, 6.45) is 2.19. The van der Waals surface area contributed by atoms with E-state index in [0.29, 0.717) is 10.0 Å². The molecule has 2 aromatic rings. The Balaban J connectivity index is 2.02. The molecule has 0 heterocycles. The lowest BCUT2D eigenvalue weighted by Crippen LogP contribution is -2.38. The number of carbonyl (C=O) groups excluding carboxylic acids is 2. The smallest absolute Gasteiger partial charge is 0.332 e. The van der Waals surface area contributed by atoms with Crippen molar-refractivity contribution in [1.82, 2.24) is 10.6 Å². The molecule has 0 fully saturated rings. The first kappa shape index (κ1) is 30.5. The Kier molecular flexibility index (Phi) is 13.8. The van der Waals surface area contributed by atoms with Crippen molar-refractivity contribution < 1.29 is 19.1 Å². The minimum Gasteiger partial charge on any atom is -0.446 e. The van der Waals surface area contributed by atoms with E-state index in [2.05, 4.69) is 10.6 Å². The van der Waals surface area contributed by atoms with Gasteiger partial charge in [-0.15, -0.1) is 0 Å². The number of ether oxygens (including phenoxy) is 2. The van der Waals surface area contributed by atoms with Gasteiger partial charge in [0.25, 0.3) is 0 Å². The molecule has 4 unspecified atom stereocenters. The van der Waals surface area contributed by atoms with E-state index in [0.717, 1.165) is 35.0 Å². The molecule has 2 aromatic carbocycles. The summed E-state index contributed by atoms with van der Waals surface area (Å²) in [5.74, 6) is -1.27. The SMILES string of the molecule is CCNC(C)C(OC(=O)/C=C/C(=O)OC(Sc1ccc(Cl)cc1)C(C)NCC)Sc1ccc(Cl)cc1. The summed E-state index contributed by atoms with van der Waals surface area (Å²) in [4.78, 5) is 26.9. The van der Waals surface area contributed by atoms with E-state index in [9.17, 15) is 9.59 Å². The van der Waals surface area contributed by atoms with Gasteiger partial charge in [-0.25, -0.2) is 9.59 Å². The van der Waals surface area contributed by atoms with Gasteiger partial charge in [0.15, 0.2) is 10.9 Å². The summed E-state index contributed by atoms with van der Waals surface area (Å²) in [6, 6.07) is 14.3. The molecular formula is C26H32Cl2N2O4S2. The number of nitrogens with one attached hydrogen (secondary N) is 2. The van der Waals surface area contributed by atoms with Gasteiger partial charge in [0, 0.05) is 32.0 Å². The van der Waals surface area contributed by atoms with Gasteiger partial charge in [0.2, 0.25) is 0 Å². The van der Waals surface area contributed by atoms with Crippen molar-refractivity contribution in [2.24, 2.45) is 0 Å². The number of rotatable bonds is 14. The van der Waals surface area contributed by atoms with E-state index < -0.39 is 22.8 Å². The minimum atomic E-state index is -0.634.